The van der Waals surface area contributed by atoms with E-state index in [9.17, 15) is 9.90 Å². The minimum Gasteiger partial charge on any atom is -0.507 e. The van der Waals surface area contributed by atoms with E-state index in [1.807, 2.05) is 24.3 Å². The third kappa shape index (κ3) is 2.91. The molecule has 0 fully saturated rings. The summed E-state index contributed by atoms with van der Waals surface area (Å²) in [5.74, 6) is -0.263. The average molecular weight is 441 g/mol. The van der Waals surface area contributed by atoms with E-state index >= 15 is 0 Å². The highest BCUT2D eigenvalue weighted by atomic mass is 127. The first-order valence-electron chi connectivity index (χ1n) is 8.04. The Bertz CT molecular complexity index is 1010. The van der Waals surface area contributed by atoms with Gasteiger partial charge in [0, 0.05) is 9.26 Å². The number of hydrogen-bond donors (Lipinski definition) is 2. The van der Waals surface area contributed by atoms with Gasteiger partial charge >= 0.3 is 0 Å². The van der Waals surface area contributed by atoms with Gasteiger partial charge in [0.05, 0.1) is 5.56 Å². The van der Waals surface area contributed by atoms with Gasteiger partial charge in [0.1, 0.15) is 5.75 Å². The van der Waals surface area contributed by atoms with E-state index < -0.39 is 0 Å². The second-order valence-corrected chi connectivity index (χ2v) is 7.52. The number of amides is 1. The van der Waals surface area contributed by atoms with Crippen molar-refractivity contribution in [1.29, 1.82) is 0 Å². The highest BCUT2D eigenvalue weighted by molar-refractivity contribution is 14.1. The van der Waals surface area contributed by atoms with Crippen molar-refractivity contribution in [2.45, 2.75) is 13.3 Å². The van der Waals surface area contributed by atoms with Crippen LogP contribution >= 0.6 is 22.6 Å². The molecule has 25 heavy (non-hydrogen) atoms. The Morgan fingerprint density at radius 3 is 2.64 bits per heavy atom. The summed E-state index contributed by atoms with van der Waals surface area (Å²) in [6, 6.07) is 17.9. The Morgan fingerprint density at radius 1 is 1.04 bits per heavy atom. The lowest BCUT2D eigenvalue weighted by Gasteiger charge is -2.11. The summed E-state index contributed by atoms with van der Waals surface area (Å²) in [6.07, 6.45) is 0.878. The van der Waals surface area contributed by atoms with Gasteiger partial charge in [-0.2, -0.15) is 0 Å². The number of aryl methyl sites for hydroxylation is 1. The van der Waals surface area contributed by atoms with E-state index in [1.54, 1.807) is 13.0 Å². The highest BCUT2D eigenvalue weighted by Gasteiger charge is 2.19. The number of hydrogen-bond acceptors (Lipinski definition) is 2. The Hall–Kier alpha value is -2.34. The Morgan fingerprint density at radius 2 is 1.80 bits per heavy atom. The third-order valence-electron chi connectivity index (χ3n) is 4.56. The average Bonchev–Trinajstić information content (AvgIpc) is 2.95. The molecule has 3 nitrogen and oxygen atoms in total. The van der Waals surface area contributed by atoms with Crippen molar-refractivity contribution in [3.8, 4) is 16.9 Å². The SMILES string of the molecule is Cc1cc(I)cc(C(=O)Nc2ccc3c(c2)Cc2ccccc2-3)c1O. The third-order valence-corrected chi connectivity index (χ3v) is 5.18. The summed E-state index contributed by atoms with van der Waals surface area (Å²) in [4.78, 5) is 12.6. The van der Waals surface area contributed by atoms with E-state index in [0.29, 0.717) is 11.1 Å². The van der Waals surface area contributed by atoms with Crippen molar-refractivity contribution >= 4 is 34.2 Å². The summed E-state index contributed by atoms with van der Waals surface area (Å²) >= 11 is 2.15. The van der Waals surface area contributed by atoms with E-state index in [-0.39, 0.29) is 11.7 Å². The Balaban J connectivity index is 1.63. The lowest BCUT2D eigenvalue weighted by molar-refractivity contribution is 0.102. The molecule has 0 atom stereocenters. The summed E-state index contributed by atoms with van der Waals surface area (Å²) in [7, 11) is 0. The number of aromatic hydroxyl groups is 1. The molecule has 0 spiro atoms. The molecule has 0 bridgehead atoms. The lowest BCUT2D eigenvalue weighted by atomic mass is 10.1. The van der Waals surface area contributed by atoms with Crippen LogP contribution in [0.3, 0.4) is 0 Å². The first kappa shape index (κ1) is 16.1. The van der Waals surface area contributed by atoms with Crippen molar-refractivity contribution in [1.82, 2.24) is 0 Å². The van der Waals surface area contributed by atoms with Gasteiger partial charge in [-0.3, -0.25) is 4.79 Å². The van der Waals surface area contributed by atoms with Gasteiger partial charge in [-0.1, -0.05) is 30.3 Å². The number of fused-ring (bicyclic) bond motifs is 3. The predicted molar refractivity (Wildman–Crippen MR) is 108 cm³/mol. The van der Waals surface area contributed by atoms with E-state index in [0.717, 1.165) is 15.7 Å². The second kappa shape index (κ2) is 6.19. The first-order chi connectivity index (χ1) is 12.0. The number of phenols is 1. The maximum Gasteiger partial charge on any atom is 0.259 e. The van der Waals surface area contributed by atoms with Crippen molar-refractivity contribution in [2.24, 2.45) is 0 Å². The largest absolute Gasteiger partial charge is 0.507 e. The van der Waals surface area contributed by atoms with Gasteiger partial charge in [0.15, 0.2) is 0 Å². The summed E-state index contributed by atoms with van der Waals surface area (Å²) in [5, 5.41) is 13.1. The van der Waals surface area contributed by atoms with Crippen molar-refractivity contribution in [2.75, 3.05) is 5.32 Å². The number of carbonyl (C=O) groups excluding carboxylic acids is 1. The monoisotopic (exact) mass is 441 g/mol. The van der Waals surface area contributed by atoms with Crippen LogP contribution in [0.25, 0.3) is 11.1 Å². The molecule has 124 valence electrons. The fourth-order valence-electron chi connectivity index (χ4n) is 3.33. The fraction of sp³-hybridized carbons (Fsp3) is 0.0952. The predicted octanol–water partition coefficient (Wildman–Crippen LogP) is 5.13. The normalized spacial score (nSPS) is 11.8. The zero-order valence-corrected chi connectivity index (χ0v) is 15.8. The molecule has 3 aromatic rings. The topological polar surface area (TPSA) is 49.3 Å². The quantitative estimate of drug-likeness (QED) is 0.424. The summed E-state index contributed by atoms with van der Waals surface area (Å²) in [6.45, 7) is 1.79. The van der Waals surface area contributed by atoms with Crippen LogP contribution in [-0.4, -0.2) is 11.0 Å². The summed E-state index contributed by atoms with van der Waals surface area (Å²) < 4.78 is 0.919. The van der Waals surface area contributed by atoms with Gasteiger partial charge in [0.25, 0.3) is 5.91 Å². The summed E-state index contributed by atoms with van der Waals surface area (Å²) in [5.41, 5.74) is 6.75. The first-order valence-corrected chi connectivity index (χ1v) is 9.12. The minimum atomic E-state index is -0.297. The van der Waals surface area contributed by atoms with Gasteiger partial charge in [-0.05, 0) is 88.0 Å². The molecular formula is C21H16INO2. The smallest absolute Gasteiger partial charge is 0.259 e. The lowest BCUT2D eigenvalue weighted by Crippen LogP contribution is -2.13. The van der Waals surface area contributed by atoms with Crippen LogP contribution in [0, 0.1) is 10.5 Å². The van der Waals surface area contributed by atoms with Crippen LogP contribution in [0.2, 0.25) is 0 Å². The molecule has 4 rings (SSSR count). The maximum absolute atomic E-state index is 12.6. The molecule has 1 amide bonds. The molecule has 4 heteroatoms. The van der Waals surface area contributed by atoms with Gasteiger partial charge in [0.2, 0.25) is 0 Å². The van der Waals surface area contributed by atoms with E-state index in [1.165, 1.54) is 22.3 Å². The minimum absolute atomic E-state index is 0.0338. The number of anilines is 1. The molecule has 2 N–H and O–H groups in total. The number of benzene rings is 3. The highest BCUT2D eigenvalue weighted by Crippen LogP contribution is 2.37. The van der Waals surface area contributed by atoms with Crippen LogP contribution in [0.5, 0.6) is 5.75 Å². The van der Waals surface area contributed by atoms with Crippen molar-refractivity contribution in [3.63, 3.8) is 0 Å². The van der Waals surface area contributed by atoms with Crippen LogP contribution in [0.15, 0.2) is 54.6 Å². The number of rotatable bonds is 2. The standard InChI is InChI=1S/C21H16INO2/c1-12-8-15(22)11-19(20(12)24)21(25)23-16-6-7-18-14(10-16)9-13-4-2-3-5-17(13)18/h2-8,10-11,24H,9H2,1H3,(H,23,25). The van der Waals surface area contributed by atoms with Gasteiger partial charge in [-0.25, -0.2) is 0 Å². The fourth-order valence-corrected chi connectivity index (χ4v) is 4.11. The Kier molecular flexibility index (Phi) is 4.00. The molecule has 0 aromatic heterocycles. The number of phenolic OH excluding ortho intramolecular Hbond substituents is 1. The van der Waals surface area contributed by atoms with E-state index in [2.05, 4.69) is 52.2 Å². The van der Waals surface area contributed by atoms with Crippen LogP contribution < -0.4 is 5.32 Å². The number of carbonyl (C=O) groups is 1. The number of halogens is 1. The molecule has 1 aliphatic rings. The van der Waals surface area contributed by atoms with Gasteiger partial charge < -0.3 is 10.4 Å². The van der Waals surface area contributed by atoms with Crippen LogP contribution in [-0.2, 0) is 6.42 Å². The zero-order valence-electron chi connectivity index (χ0n) is 13.6. The van der Waals surface area contributed by atoms with E-state index in [4.69, 9.17) is 0 Å². The second-order valence-electron chi connectivity index (χ2n) is 6.28. The molecule has 0 radical (unpaired) electrons. The molecule has 0 heterocycles. The van der Waals surface area contributed by atoms with Crippen molar-refractivity contribution < 1.29 is 9.90 Å². The van der Waals surface area contributed by atoms with Gasteiger partial charge in [-0.15, -0.1) is 0 Å². The maximum atomic E-state index is 12.6. The molecule has 1 aliphatic carbocycles. The molecule has 0 aliphatic heterocycles. The Labute approximate surface area is 159 Å². The van der Waals surface area contributed by atoms with Crippen molar-refractivity contribution in [3.05, 3.63) is 80.4 Å². The molecule has 0 unspecified atom stereocenters. The molecule has 3 aromatic carbocycles. The molecule has 0 saturated carbocycles. The zero-order chi connectivity index (χ0) is 17.6. The number of nitrogens with one attached hydrogen (secondary N) is 1. The van der Waals surface area contributed by atoms with Crippen LogP contribution in [0.1, 0.15) is 27.0 Å². The van der Waals surface area contributed by atoms with Crippen LogP contribution in [0.4, 0.5) is 5.69 Å². The molecular weight excluding hydrogens is 425 g/mol. The molecule has 0 saturated heterocycles.